The van der Waals surface area contributed by atoms with Crippen LogP contribution in [-0.2, 0) is 37.9 Å². The van der Waals surface area contributed by atoms with Crippen molar-refractivity contribution in [1.82, 2.24) is 0 Å². The Labute approximate surface area is 475 Å². The summed E-state index contributed by atoms with van der Waals surface area (Å²) in [5, 5.41) is 0. The standard InChI is InChI=1S/C76H85BN2/c1-48-40-67-69-68(41-48)79(64-34-30-54(71(5,6)7)43-57(64)51-23-21-22-50(42-51)49-26-28-52(29-27-49)70(2,3)4)65-35-31-55(76(16,17)53-24-19-18-20-25-53)44-62(65)77(69)63-46-60-61(75(14,15)39-38-74(60,12)13)47-66(63)78(67)56-32-33-58-59(45-56)73(10,11)37-36-72(58,8)9/h18-35,40-47H,36-39H2,1-17H3. The van der Waals surface area contributed by atoms with E-state index < -0.39 is 0 Å². The molecule has 0 atom stereocenters. The molecule has 2 aliphatic carbocycles. The van der Waals surface area contributed by atoms with Crippen molar-refractivity contribution >= 4 is 57.2 Å². The van der Waals surface area contributed by atoms with Gasteiger partial charge in [0.1, 0.15) is 0 Å². The Kier molecular flexibility index (Phi) is 12.1. The van der Waals surface area contributed by atoms with Gasteiger partial charge in [-0.1, -0.05) is 214 Å². The highest BCUT2D eigenvalue weighted by molar-refractivity contribution is 7.00. The second kappa shape index (κ2) is 18.0. The zero-order chi connectivity index (χ0) is 56.1. The highest BCUT2D eigenvalue weighted by atomic mass is 15.2. The van der Waals surface area contributed by atoms with Gasteiger partial charge in [-0.15, -0.1) is 0 Å². The average molecular weight is 1040 g/mol. The van der Waals surface area contributed by atoms with Crippen molar-refractivity contribution in [3.63, 3.8) is 0 Å². The maximum atomic E-state index is 2.71. The van der Waals surface area contributed by atoms with Gasteiger partial charge in [0, 0.05) is 39.4 Å². The minimum atomic E-state index is -0.252. The summed E-state index contributed by atoms with van der Waals surface area (Å²) in [5.74, 6) is 0. The first-order valence-corrected chi connectivity index (χ1v) is 29.7. The molecule has 2 aliphatic heterocycles. The lowest BCUT2D eigenvalue weighted by atomic mass is 9.33. The van der Waals surface area contributed by atoms with Crippen molar-refractivity contribution in [2.75, 3.05) is 9.80 Å². The van der Waals surface area contributed by atoms with Gasteiger partial charge in [-0.25, -0.2) is 0 Å². The van der Waals surface area contributed by atoms with Gasteiger partial charge >= 0.3 is 0 Å². The predicted octanol–water partition coefficient (Wildman–Crippen LogP) is 19.0. The van der Waals surface area contributed by atoms with Crippen LogP contribution >= 0.6 is 0 Å². The van der Waals surface area contributed by atoms with E-state index in [2.05, 4.69) is 285 Å². The lowest BCUT2D eigenvalue weighted by Gasteiger charge is -2.48. The van der Waals surface area contributed by atoms with Crippen molar-refractivity contribution in [2.45, 2.75) is 181 Å². The van der Waals surface area contributed by atoms with Gasteiger partial charge in [0.15, 0.2) is 0 Å². The van der Waals surface area contributed by atoms with E-state index in [1.54, 1.807) is 0 Å². The van der Waals surface area contributed by atoms with Crippen LogP contribution in [0.2, 0.25) is 0 Å². The third-order valence-electron chi connectivity index (χ3n) is 19.9. The van der Waals surface area contributed by atoms with E-state index in [0.717, 1.165) is 12.8 Å². The highest BCUT2D eigenvalue weighted by Gasteiger charge is 2.48. The first-order valence-electron chi connectivity index (χ1n) is 29.7. The van der Waals surface area contributed by atoms with Crippen LogP contribution in [0.1, 0.15) is 187 Å². The summed E-state index contributed by atoms with van der Waals surface area (Å²) in [6.07, 6.45) is 4.68. The topological polar surface area (TPSA) is 6.48 Å². The molecule has 2 heterocycles. The summed E-state index contributed by atoms with van der Waals surface area (Å²) in [6.45, 7) is 40.9. The second-order valence-corrected chi connectivity index (χ2v) is 29.7. The lowest BCUT2D eigenvalue weighted by Crippen LogP contribution is -2.62. The van der Waals surface area contributed by atoms with Crippen LogP contribution < -0.4 is 26.2 Å². The fourth-order valence-corrected chi connectivity index (χ4v) is 14.3. The van der Waals surface area contributed by atoms with Crippen molar-refractivity contribution in [1.29, 1.82) is 0 Å². The van der Waals surface area contributed by atoms with E-state index in [0.29, 0.717) is 0 Å². The van der Waals surface area contributed by atoms with Gasteiger partial charge < -0.3 is 9.80 Å². The molecule has 0 bridgehead atoms. The summed E-state index contributed by atoms with van der Waals surface area (Å²) < 4.78 is 0. The van der Waals surface area contributed by atoms with Crippen LogP contribution in [0.15, 0.2) is 158 Å². The van der Waals surface area contributed by atoms with Crippen molar-refractivity contribution in [3.8, 4) is 22.3 Å². The number of hydrogen-bond donors (Lipinski definition) is 0. The lowest BCUT2D eigenvalue weighted by molar-refractivity contribution is 0.332. The molecule has 79 heavy (non-hydrogen) atoms. The van der Waals surface area contributed by atoms with Crippen LogP contribution in [0.5, 0.6) is 0 Å². The maximum absolute atomic E-state index is 2.71. The molecule has 12 rings (SSSR count). The van der Waals surface area contributed by atoms with Crippen molar-refractivity contribution in [3.05, 3.63) is 208 Å². The molecule has 0 fully saturated rings. The maximum Gasteiger partial charge on any atom is 0.252 e. The summed E-state index contributed by atoms with van der Waals surface area (Å²) in [5.41, 5.74) is 29.1. The molecule has 0 radical (unpaired) electrons. The minimum absolute atomic E-state index is 0.0227. The molecule has 0 spiro atoms. The third-order valence-corrected chi connectivity index (χ3v) is 19.9. The summed E-state index contributed by atoms with van der Waals surface area (Å²) in [4.78, 5) is 5.39. The molecule has 0 aromatic heterocycles. The Morgan fingerprint density at radius 1 is 0.367 bits per heavy atom. The first-order chi connectivity index (χ1) is 37.0. The predicted molar refractivity (Wildman–Crippen MR) is 343 cm³/mol. The smallest absolute Gasteiger partial charge is 0.252 e. The summed E-state index contributed by atoms with van der Waals surface area (Å²) in [7, 11) is 0. The zero-order valence-corrected chi connectivity index (χ0v) is 50.8. The molecular formula is C76H85BN2. The van der Waals surface area contributed by atoms with Gasteiger partial charge in [0.05, 0.1) is 5.69 Å². The Bertz CT molecular complexity index is 3740. The van der Waals surface area contributed by atoms with Crippen LogP contribution in [0.25, 0.3) is 22.3 Å². The van der Waals surface area contributed by atoms with Gasteiger partial charge in [-0.3, -0.25) is 0 Å². The van der Waals surface area contributed by atoms with E-state index in [9.17, 15) is 0 Å². The summed E-state index contributed by atoms with van der Waals surface area (Å²) in [6, 6.07) is 62.6. The molecule has 4 aliphatic rings. The molecule has 2 nitrogen and oxygen atoms in total. The van der Waals surface area contributed by atoms with E-state index >= 15 is 0 Å². The van der Waals surface area contributed by atoms with E-state index in [4.69, 9.17) is 0 Å². The normalized spacial score (nSPS) is 17.6. The molecule has 0 N–H and O–H groups in total. The zero-order valence-electron chi connectivity index (χ0n) is 50.8. The molecular weight excluding hydrogens is 952 g/mol. The molecule has 3 heteroatoms. The number of benzene rings is 8. The Morgan fingerprint density at radius 3 is 1.53 bits per heavy atom. The highest BCUT2D eigenvalue weighted by Crippen LogP contribution is 2.54. The molecule has 8 aromatic rings. The van der Waals surface area contributed by atoms with Crippen molar-refractivity contribution in [2.24, 2.45) is 0 Å². The number of aryl methyl sites for hydroxylation is 1. The quantitative estimate of drug-likeness (QED) is 0.153. The SMILES string of the molecule is Cc1cc2c3c(c1)N(c1ccc(C(C)(C)C)cc1-c1cccc(-c4ccc(C(C)(C)C)cc4)c1)c1ccc(C(C)(C)c4ccccc4)cc1B3c1cc3c(cc1N2c1ccc2c(c1)C(C)(C)CCC2(C)C)C(C)(C)CCC3(C)C. The largest absolute Gasteiger partial charge is 0.311 e. The number of hydrogen-bond acceptors (Lipinski definition) is 2. The number of nitrogens with zero attached hydrogens (tertiary/aromatic N) is 2. The number of rotatable bonds is 6. The number of anilines is 6. The molecule has 8 aromatic carbocycles. The van der Waals surface area contributed by atoms with E-state index in [-0.39, 0.29) is 44.6 Å². The fraction of sp³-hybridized carbons (Fsp3) is 0.368. The van der Waals surface area contributed by atoms with Gasteiger partial charge in [-0.05, 0) is 203 Å². The van der Waals surface area contributed by atoms with Gasteiger partial charge in [-0.2, -0.15) is 0 Å². The Morgan fingerprint density at radius 2 is 0.899 bits per heavy atom. The second-order valence-electron chi connectivity index (χ2n) is 29.7. The molecule has 0 saturated carbocycles. The Balaban J connectivity index is 1.17. The minimum Gasteiger partial charge on any atom is -0.311 e. The van der Waals surface area contributed by atoms with Crippen molar-refractivity contribution < 1.29 is 0 Å². The molecule has 402 valence electrons. The third kappa shape index (κ3) is 8.74. The van der Waals surface area contributed by atoms with Gasteiger partial charge in [0.2, 0.25) is 0 Å². The molecule has 0 saturated heterocycles. The van der Waals surface area contributed by atoms with Crippen LogP contribution in [0.3, 0.4) is 0 Å². The molecule has 0 amide bonds. The van der Waals surface area contributed by atoms with Crippen LogP contribution in [-0.4, -0.2) is 6.71 Å². The fourth-order valence-electron chi connectivity index (χ4n) is 14.3. The van der Waals surface area contributed by atoms with E-state index in [1.165, 1.54) is 136 Å². The van der Waals surface area contributed by atoms with Gasteiger partial charge in [0.25, 0.3) is 6.71 Å². The summed E-state index contributed by atoms with van der Waals surface area (Å²) >= 11 is 0. The van der Waals surface area contributed by atoms with Crippen LogP contribution in [0.4, 0.5) is 34.1 Å². The van der Waals surface area contributed by atoms with Crippen LogP contribution in [0, 0.1) is 6.92 Å². The average Bonchev–Trinajstić information content (AvgIpc) is 2.37. The monoisotopic (exact) mass is 1040 g/mol. The first kappa shape index (κ1) is 53.1. The molecule has 0 unspecified atom stereocenters. The van der Waals surface area contributed by atoms with E-state index in [1.807, 2.05) is 0 Å². The number of fused-ring (bicyclic) bond motifs is 6. The Hall–Kier alpha value is -6.58.